The molecule has 0 saturated heterocycles. The number of aromatic nitrogens is 1. The predicted octanol–water partition coefficient (Wildman–Crippen LogP) is 8.99. The zero-order chi connectivity index (χ0) is 26.3. The Kier molecular flexibility index (Phi) is 10.5. The van der Waals surface area contributed by atoms with Crippen LogP contribution in [0.2, 0.25) is 0 Å². The maximum atomic E-state index is 13.7. The summed E-state index contributed by atoms with van der Waals surface area (Å²) in [6.45, 7) is 11.0. The monoisotopic (exact) mass is 563 g/mol. The molecule has 0 radical (unpaired) electrons. The molecule has 188 valence electrons. The predicted molar refractivity (Wildman–Crippen MR) is 137 cm³/mol. The standard InChI is InChI=1S/C26H26F3N3.2ClH.Fe/c1-15-9-7-10-16(2)24(15)30-19(5)22-13-21(26(27,28)29)14-23(32-22)20(6)31-25-17(3)11-8-12-18(25)4;;;/h7-14H,1-6H3;2*1H;/q;;;+2/p-2. The van der Waals surface area contributed by atoms with Crippen molar-refractivity contribution >= 4 is 43.0 Å². The molecule has 3 aromatic rings. The minimum atomic E-state index is -4.51. The summed E-state index contributed by atoms with van der Waals surface area (Å²) < 4.78 is 41.0. The van der Waals surface area contributed by atoms with Crippen LogP contribution >= 0.6 is 20.2 Å². The van der Waals surface area contributed by atoms with Gasteiger partial charge in [-0.05, 0) is 75.9 Å². The third kappa shape index (κ3) is 7.91. The first kappa shape index (κ1) is 29.1. The maximum absolute atomic E-state index is 13.7. The first-order valence-electron chi connectivity index (χ1n) is 10.6. The number of hydrogen-bond donors (Lipinski definition) is 0. The summed E-state index contributed by atoms with van der Waals surface area (Å²) in [4.78, 5) is 13.7. The van der Waals surface area contributed by atoms with Gasteiger partial charge in [0.1, 0.15) is 0 Å². The average Bonchev–Trinajstić information content (AvgIpc) is 2.78. The molecule has 0 amide bonds. The summed E-state index contributed by atoms with van der Waals surface area (Å²) >= 11 is 0.194. The topological polar surface area (TPSA) is 37.6 Å². The van der Waals surface area contributed by atoms with E-state index in [9.17, 15) is 13.2 Å². The number of aliphatic imine (C=N–C) groups is 2. The fraction of sp³-hybridized carbons (Fsp3) is 0.269. The van der Waals surface area contributed by atoms with Crippen molar-refractivity contribution in [2.45, 2.75) is 47.7 Å². The van der Waals surface area contributed by atoms with E-state index in [1.165, 1.54) is 0 Å². The summed E-state index contributed by atoms with van der Waals surface area (Å²) in [7, 11) is 9.53. The Labute approximate surface area is 219 Å². The molecule has 0 aliphatic carbocycles. The fourth-order valence-corrected chi connectivity index (χ4v) is 3.48. The van der Waals surface area contributed by atoms with Crippen LogP contribution in [0, 0.1) is 27.7 Å². The fourth-order valence-electron chi connectivity index (χ4n) is 3.48. The van der Waals surface area contributed by atoms with E-state index in [1.807, 2.05) is 64.1 Å². The van der Waals surface area contributed by atoms with Gasteiger partial charge >= 0.3 is 39.5 Å². The number of para-hydroxylation sites is 2. The van der Waals surface area contributed by atoms with Crippen LogP contribution in [0.4, 0.5) is 24.5 Å². The Morgan fingerprint density at radius 2 is 1.06 bits per heavy atom. The van der Waals surface area contributed by atoms with Crippen molar-refractivity contribution in [3.8, 4) is 0 Å². The number of pyridine rings is 1. The van der Waals surface area contributed by atoms with Crippen molar-refractivity contribution in [1.29, 1.82) is 0 Å². The molecule has 0 atom stereocenters. The van der Waals surface area contributed by atoms with Crippen molar-refractivity contribution in [1.82, 2.24) is 4.98 Å². The van der Waals surface area contributed by atoms with E-state index in [4.69, 9.17) is 20.2 Å². The Hall–Kier alpha value is -2.18. The van der Waals surface area contributed by atoms with Crippen LogP contribution in [0.15, 0.2) is 58.5 Å². The molecule has 0 unspecified atom stereocenters. The van der Waals surface area contributed by atoms with Crippen molar-refractivity contribution < 1.29 is 26.3 Å². The van der Waals surface area contributed by atoms with Gasteiger partial charge in [0.05, 0.1) is 39.7 Å². The molecule has 0 bridgehead atoms. The number of rotatable bonds is 4. The second-order valence-electron chi connectivity index (χ2n) is 8.05. The first-order chi connectivity index (χ1) is 16.4. The van der Waals surface area contributed by atoms with Crippen molar-refractivity contribution in [3.63, 3.8) is 0 Å². The number of alkyl halides is 3. The molecule has 2 aromatic carbocycles. The van der Waals surface area contributed by atoms with Crippen molar-refractivity contribution in [3.05, 3.63) is 87.7 Å². The first-order valence-corrected chi connectivity index (χ1v) is 13.6. The molecule has 0 saturated carbocycles. The average molecular weight is 564 g/mol. The van der Waals surface area contributed by atoms with Gasteiger partial charge in [0.15, 0.2) is 0 Å². The van der Waals surface area contributed by atoms with Crippen LogP contribution in [0.1, 0.15) is 53.1 Å². The minimum absolute atomic E-state index is 0.175. The third-order valence-corrected chi connectivity index (χ3v) is 5.33. The van der Waals surface area contributed by atoms with Crippen molar-refractivity contribution in [2.75, 3.05) is 0 Å². The quantitative estimate of drug-likeness (QED) is 0.230. The van der Waals surface area contributed by atoms with Gasteiger partial charge in [-0.1, -0.05) is 36.4 Å². The Morgan fingerprint density at radius 1 is 0.743 bits per heavy atom. The Morgan fingerprint density at radius 3 is 1.34 bits per heavy atom. The molecule has 0 aliphatic rings. The summed E-state index contributed by atoms with van der Waals surface area (Å²) in [6.07, 6.45) is -4.51. The molecule has 9 heteroatoms. The molecule has 0 spiro atoms. The molecule has 3 rings (SSSR count). The molecule has 0 fully saturated rings. The van der Waals surface area contributed by atoms with E-state index in [0.717, 1.165) is 45.8 Å². The van der Waals surface area contributed by atoms with E-state index < -0.39 is 11.7 Å². The van der Waals surface area contributed by atoms with E-state index in [2.05, 4.69) is 15.0 Å². The van der Waals surface area contributed by atoms with Crippen LogP contribution in [-0.2, 0) is 19.3 Å². The van der Waals surface area contributed by atoms with E-state index in [-0.39, 0.29) is 24.5 Å². The summed E-state index contributed by atoms with van der Waals surface area (Å²) in [5.41, 5.74) is 5.68. The van der Waals surface area contributed by atoms with Crippen LogP contribution < -0.4 is 0 Å². The molecule has 3 nitrogen and oxygen atoms in total. The molecular formula is C26H26Cl2F3FeN3. The molecule has 1 heterocycles. The molecule has 0 aliphatic heterocycles. The van der Waals surface area contributed by atoms with E-state index in [1.54, 1.807) is 13.8 Å². The van der Waals surface area contributed by atoms with Crippen LogP contribution in [0.25, 0.3) is 0 Å². The zero-order valence-electron chi connectivity index (χ0n) is 20.2. The molecule has 1 aromatic heterocycles. The number of nitrogens with zero attached hydrogens (tertiary/aromatic N) is 3. The van der Waals surface area contributed by atoms with E-state index in [0.29, 0.717) is 11.4 Å². The van der Waals surface area contributed by atoms with Crippen molar-refractivity contribution in [2.24, 2.45) is 9.98 Å². The number of halogens is 5. The Bertz CT molecular complexity index is 1130. The Balaban J connectivity index is 0.00000137. The second kappa shape index (κ2) is 12.7. The summed E-state index contributed by atoms with van der Waals surface area (Å²) in [5.74, 6) is 0. The van der Waals surface area contributed by atoms with Crippen LogP contribution in [0.3, 0.4) is 0 Å². The van der Waals surface area contributed by atoms with Gasteiger partial charge in [0.25, 0.3) is 0 Å². The second-order valence-corrected chi connectivity index (χ2v) is 9.87. The molecule has 35 heavy (non-hydrogen) atoms. The third-order valence-electron chi connectivity index (χ3n) is 5.33. The van der Waals surface area contributed by atoms with Crippen LogP contribution in [0.5, 0.6) is 0 Å². The number of hydrogen-bond acceptors (Lipinski definition) is 3. The summed E-state index contributed by atoms with van der Waals surface area (Å²) in [5, 5.41) is 0. The zero-order valence-corrected chi connectivity index (χ0v) is 22.8. The normalized spacial score (nSPS) is 12.4. The SMILES string of the molecule is CC(=Nc1c(C)cccc1C)c1cc(C(F)(F)F)cc(C(C)=Nc2c(C)cccc2C)n1.[Cl][Fe][Cl]. The van der Waals surface area contributed by atoms with Gasteiger partial charge in [-0.25, -0.2) is 4.98 Å². The molecule has 0 N–H and O–H groups in total. The molecular weight excluding hydrogens is 538 g/mol. The van der Waals surface area contributed by atoms with Gasteiger partial charge in [-0.3, -0.25) is 9.98 Å². The van der Waals surface area contributed by atoms with Crippen LogP contribution in [-0.4, -0.2) is 16.4 Å². The summed E-state index contributed by atoms with van der Waals surface area (Å²) in [6, 6.07) is 13.6. The van der Waals surface area contributed by atoms with Gasteiger partial charge < -0.3 is 0 Å². The number of benzene rings is 2. The van der Waals surface area contributed by atoms with Gasteiger partial charge in [0.2, 0.25) is 0 Å². The number of aryl methyl sites for hydroxylation is 4. The van der Waals surface area contributed by atoms with Gasteiger partial charge in [-0.15, -0.1) is 0 Å². The van der Waals surface area contributed by atoms with E-state index >= 15 is 0 Å². The van der Waals surface area contributed by atoms with Gasteiger partial charge in [0, 0.05) is 0 Å². The van der Waals surface area contributed by atoms with Gasteiger partial charge in [-0.2, -0.15) is 13.2 Å².